The largest absolute Gasteiger partial charge is 0.481 e. The molecule has 2 unspecified atom stereocenters. The Morgan fingerprint density at radius 2 is 2.03 bits per heavy atom. The van der Waals surface area contributed by atoms with Crippen LogP contribution in [-0.2, 0) is 9.59 Å². The van der Waals surface area contributed by atoms with E-state index in [2.05, 4.69) is 31.5 Å². The number of carboxylic acids is 1. The number of carboxylic acid groups (broad SMARTS) is 1. The number of aromatic nitrogens is 1. The monoisotopic (exact) mass is 479 g/mol. The van der Waals surface area contributed by atoms with Crippen LogP contribution in [-0.4, -0.2) is 41.2 Å². The minimum absolute atomic E-state index is 0.0311. The number of carbonyl (C=O) groups excluding carboxylic acids is 1. The van der Waals surface area contributed by atoms with E-state index >= 15 is 0 Å². The van der Waals surface area contributed by atoms with Gasteiger partial charge in [-0.3, -0.25) is 9.59 Å². The van der Waals surface area contributed by atoms with Crippen LogP contribution >= 0.6 is 15.9 Å². The van der Waals surface area contributed by atoms with Gasteiger partial charge in [-0.1, -0.05) is 0 Å². The Morgan fingerprint density at radius 1 is 1.27 bits per heavy atom. The molecule has 3 saturated carbocycles. The van der Waals surface area contributed by atoms with Gasteiger partial charge in [0.2, 0.25) is 5.91 Å². The molecule has 4 fully saturated rings. The molecule has 162 valence electrons. The average Bonchev–Trinajstić information content (AvgIpc) is 3.23. The van der Waals surface area contributed by atoms with Gasteiger partial charge in [0, 0.05) is 6.54 Å². The zero-order valence-electron chi connectivity index (χ0n) is 16.7. The number of pyridine rings is 1. The fourth-order valence-corrected chi connectivity index (χ4v) is 7.37. The Kier molecular flexibility index (Phi) is 5.13. The summed E-state index contributed by atoms with van der Waals surface area (Å²) < 4.78 is 15.0. The third-order valence-electron chi connectivity index (χ3n) is 8.34. The van der Waals surface area contributed by atoms with Gasteiger partial charge in [0.05, 0.1) is 23.7 Å². The zero-order chi connectivity index (χ0) is 21.0. The fourth-order valence-electron chi connectivity index (χ4n) is 7.13. The minimum Gasteiger partial charge on any atom is -0.481 e. The minimum atomic E-state index is -0.869. The van der Waals surface area contributed by atoms with E-state index in [4.69, 9.17) is 0 Å². The summed E-state index contributed by atoms with van der Waals surface area (Å²) in [5.41, 5.74) is 0.500. The van der Waals surface area contributed by atoms with Gasteiger partial charge in [-0.15, -0.1) is 0 Å². The van der Waals surface area contributed by atoms with Crippen molar-refractivity contribution in [1.29, 1.82) is 0 Å². The van der Waals surface area contributed by atoms with Crippen LogP contribution in [0.3, 0.4) is 0 Å². The summed E-state index contributed by atoms with van der Waals surface area (Å²) >= 11 is 3.28. The van der Waals surface area contributed by atoms with Crippen molar-refractivity contribution in [2.24, 2.45) is 40.9 Å². The van der Waals surface area contributed by atoms with E-state index in [0.717, 1.165) is 38.6 Å². The first-order chi connectivity index (χ1) is 14.4. The fraction of sp³-hybridized carbons (Fsp3) is 0.682. The second-order valence-corrected chi connectivity index (χ2v) is 10.4. The molecule has 2 bridgehead atoms. The van der Waals surface area contributed by atoms with Crippen molar-refractivity contribution in [3.8, 4) is 0 Å². The summed E-state index contributed by atoms with van der Waals surface area (Å²) in [7, 11) is 0. The van der Waals surface area contributed by atoms with E-state index in [0.29, 0.717) is 22.8 Å². The number of nitrogens with one attached hydrogen (secondary N) is 2. The molecule has 30 heavy (non-hydrogen) atoms. The van der Waals surface area contributed by atoms with Gasteiger partial charge in [0.15, 0.2) is 0 Å². The van der Waals surface area contributed by atoms with Crippen LogP contribution in [0, 0.1) is 40.9 Å². The SMILES string of the molecule is O=C(O)[C@H]1[C@H](C(=O)Nc2ccc(Br)nc2)[C@@H]2CC[C@H]1C21CC1C[C@@H]1CCNC[C@H]1F. The lowest BCUT2D eigenvalue weighted by Crippen LogP contribution is -2.38. The molecule has 8 heteroatoms. The maximum atomic E-state index is 14.4. The third kappa shape index (κ3) is 3.18. The Hall–Kier alpha value is -1.54. The number of piperidine rings is 1. The lowest BCUT2D eigenvalue weighted by molar-refractivity contribution is -0.148. The number of nitrogens with zero attached hydrogens (tertiary/aromatic N) is 1. The molecule has 1 spiro atoms. The number of rotatable bonds is 5. The second-order valence-electron chi connectivity index (χ2n) is 9.56. The number of amides is 1. The first-order valence-corrected chi connectivity index (χ1v) is 11.7. The lowest BCUT2D eigenvalue weighted by atomic mass is 9.78. The average molecular weight is 480 g/mol. The van der Waals surface area contributed by atoms with Crippen LogP contribution in [0.25, 0.3) is 0 Å². The van der Waals surface area contributed by atoms with Crippen LogP contribution in [0.4, 0.5) is 10.1 Å². The second kappa shape index (κ2) is 7.55. The van der Waals surface area contributed by atoms with Crippen LogP contribution in [0.15, 0.2) is 22.9 Å². The molecular formula is C22H27BrFN3O3. The molecule has 1 aromatic heterocycles. The van der Waals surface area contributed by atoms with Gasteiger partial charge in [-0.2, -0.15) is 0 Å². The highest BCUT2D eigenvalue weighted by Crippen LogP contribution is 2.78. The summed E-state index contributed by atoms with van der Waals surface area (Å²) in [4.78, 5) is 29.5. The van der Waals surface area contributed by atoms with E-state index in [1.807, 2.05) is 0 Å². The molecule has 1 aliphatic heterocycles. The van der Waals surface area contributed by atoms with Crippen molar-refractivity contribution in [3.05, 3.63) is 22.9 Å². The summed E-state index contributed by atoms with van der Waals surface area (Å²) in [6.07, 6.45) is 5.12. The topological polar surface area (TPSA) is 91.3 Å². The van der Waals surface area contributed by atoms with Crippen molar-refractivity contribution < 1.29 is 19.1 Å². The predicted octanol–water partition coefficient (Wildman–Crippen LogP) is 3.48. The number of hydrogen-bond donors (Lipinski definition) is 3. The molecule has 0 radical (unpaired) electrons. The van der Waals surface area contributed by atoms with Gasteiger partial charge in [0.1, 0.15) is 10.8 Å². The molecule has 1 amide bonds. The molecule has 6 nitrogen and oxygen atoms in total. The van der Waals surface area contributed by atoms with Crippen molar-refractivity contribution in [2.75, 3.05) is 18.4 Å². The number of aliphatic carboxylic acids is 1. The molecule has 0 aromatic carbocycles. The number of anilines is 1. The smallest absolute Gasteiger partial charge is 0.307 e. The number of alkyl halides is 1. The third-order valence-corrected chi connectivity index (χ3v) is 8.81. The summed E-state index contributed by atoms with van der Waals surface area (Å²) in [5, 5.41) is 16.0. The van der Waals surface area contributed by atoms with Gasteiger partial charge < -0.3 is 15.7 Å². The molecule has 2 heterocycles. The quantitative estimate of drug-likeness (QED) is 0.562. The Labute approximate surface area is 183 Å². The molecule has 4 aliphatic rings. The van der Waals surface area contributed by atoms with Gasteiger partial charge in [0.25, 0.3) is 0 Å². The summed E-state index contributed by atoms with van der Waals surface area (Å²) in [6, 6.07) is 3.50. The van der Waals surface area contributed by atoms with Crippen molar-refractivity contribution in [2.45, 2.75) is 38.3 Å². The van der Waals surface area contributed by atoms with Crippen LogP contribution in [0.2, 0.25) is 0 Å². The molecule has 8 atom stereocenters. The first kappa shape index (κ1) is 20.4. The van der Waals surface area contributed by atoms with E-state index in [1.54, 1.807) is 18.3 Å². The highest BCUT2D eigenvalue weighted by molar-refractivity contribution is 9.10. The van der Waals surface area contributed by atoms with E-state index in [9.17, 15) is 19.1 Å². The van der Waals surface area contributed by atoms with Crippen LogP contribution in [0.1, 0.15) is 32.1 Å². The van der Waals surface area contributed by atoms with Gasteiger partial charge in [-0.25, -0.2) is 9.37 Å². The number of halogens is 2. The van der Waals surface area contributed by atoms with E-state index < -0.39 is 24.0 Å². The van der Waals surface area contributed by atoms with E-state index in [-0.39, 0.29) is 29.1 Å². The van der Waals surface area contributed by atoms with Crippen LogP contribution < -0.4 is 10.6 Å². The molecule has 5 rings (SSSR count). The molecular weight excluding hydrogens is 453 g/mol. The number of carbonyl (C=O) groups is 2. The molecule has 3 aliphatic carbocycles. The molecule has 1 saturated heterocycles. The number of hydrogen-bond acceptors (Lipinski definition) is 4. The maximum Gasteiger partial charge on any atom is 0.307 e. The Bertz CT molecular complexity index is 853. The highest BCUT2D eigenvalue weighted by Gasteiger charge is 2.76. The van der Waals surface area contributed by atoms with Crippen molar-refractivity contribution >= 4 is 33.5 Å². The van der Waals surface area contributed by atoms with Crippen LogP contribution in [0.5, 0.6) is 0 Å². The first-order valence-electron chi connectivity index (χ1n) is 10.9. The zero-order valence-corrected chi connectivity index (χ0v) is 18.3. The van der Waals surface area contributed by atoms with Gasteiger partial charge in [-0.05, 0) is 95.8 Å². The Balaban J connectivity index is 1.35. The highest BCUT2D eigenvalue weighted by atomic mass is 79.9. The predicted molar refractivity (Wildman–Crippen MR) is 112 cm³/mol. The normalized spacial score (nSPS) is 41.7. The summed E-state index contributed by atoms with van der Waals surface area (Å²) in [6.45, 7) is 1.27. The standard InChI is InChI=1S/C22H27BrFN3O3/c23-17-4-1-13(9-26-17)27-20(28)18-14-2-3-15(19(18)21(29)30)22(14)8-12(22)7-11-5-6-25-10-16(11)24/h1,4,9,11-12,14-16,18-19,25H,2-3,5-8,10H2,(H,27,28)(H,29,30)/t11-,12?,14-,15+,16+,18+,19+,22?/m0/s1. The van der Waals surface area contributed by atoms with Gasteiger partial charge >= 0.3 is 5.97 Å². The molecule has 1 aromatic rings. The molecule has 3 N–H and O–H groups in total. The van der Waals surface area contributed by atoms with E-state index in [1.165, 1.54) is 0 Å². The lowest BCUT2D eigenvalue weighted by Gasteiger charge is -2.28. The van der Waals surface area contributed by atoms with Crippen molar-refractivity contribution in [3.63, 3.8) is 0 Å². The summed E-state index contributed by atoms with van der Waals surface area (Å²) in [5.74, 6) is -1.73. The van der Waals surface area contributed by atoms with Crippen molar-refractivity contribution in [1.82, 2.24) is 10.3 Å². The Morgan fingerprint density at radius 3 is 2.70 bits per heavy atom. The maximum absolute atomic E-state index is 14.4.